The minimum absolute atomic E-state index is 0.534. The number of likely N-dealkylation sites (tertiary alicyclic amines) is 1. The maximum absolute atomic E-state index is 9.14. The van der Waals surface area contributed by atoms with Crippen molar-refractivity contribution in [3.63, 3.8) is 0 Å². The Bertz CT molecular complexity index is 153. The fourth-order valence-corrected chi connectivity index (χ4v) is 1.57. The molecule has 1 saturated heterocycles. The maximum atomic E-state index is 9.14. The first-order valence-corrected chi connectivity index (χ1v) is 4.30. The van der Waals surface area contributed by atoms with E-state index >= 15 is 0 Å². The third-order valence-electron chi connectivity index (χ3n) is 1.73. The first kappa shape index (κ1) is 9.19. The Hall–Kier alpha value is 0.1000. The average molecular weight is 222 g/mol. The number of β-amino-alcohol motifs (C(OH)–C–C–N with tert-alkyl or cyclic N) is 2. The summed E-state index contributed by atoms with van der Waals surface area (Å²) in [6.07, 6.45) is -1.19. The standard InChI is InChI=1S/C7H12BrNO2/c1-5(8)2-9-3-6(10)7(11)4-9/h6-7,10-11H,1-4H2. The van der Waals surface area contributed by atoms with Crippen molar-refractivity contribution in [3.8, 4) is 0 Å². The van der Waals surface area contributed by atoms with E-state index in [0.29, 0.717) is 19.6 Å². The van der Waals surface area contributed by atoms with Crippen LogP contribution < -0.4 is 0 Å². The second-order valence-electron chi connectivity index (χ2n) is 2.85. The van der Waals surface area contributed by atoms with Crippen LogP contribution in [-0.2, 0) is 0 Å². The Morgan fingerprint density at radius 2 is 1.91 bits per heavy atom. The number of nitrogens with zero attached hydrogens (tertiary/aromatic N) is 1. The molecule has 1 aliphatic heterocycles. The van der Waals surface area contributed by atoms with E-state index in [0.717, 1.165) is 4.48 Å². The van der Waals surface area contributed by atoms with Gasteiger partial charge in [-0.1, -0.05) is 22.5 Å². The molecule has 64 valence electrons. The van der Waals surface area contributed by atoms with Gasteiger partial charge in [0.2, 0.25) is 0 Å². The van der Waals surface area contributed by atoms with Crippen molar-refractivity contribution in [3.05, 3.63) is 11.1 Å². The largest absolute Gasteiger partial charge is 0.389 e. The molecule has 2 unspecified atom stereocenters. The van der Waals surface area contributed by atoms with Crippen molar-refractivity contribution in [2.45, 2.75) is 12.2 Å². The highest BCUT2D eigenvalue weighted by molar-refractivity contribution is 9.11. The van der Waals surface area contributed by atoms with E-state index in [2.05, 4.69) is 22.5 Å². The lowest BCUT2D eigenvalue weighted by atomic mass is 10.3. The molecule has 2 atom stereocenters. The van der Waals surface area contributed by atoms with Crippen molar-refractivity contribution in [1.82, 2.24) is 4.90 Å². The Morgan fingerprint density at radius 3 is 2.27 bits per heavy atom. The molecule has 4 heteroatoms. The summed E-state index contributed by atoms with van der Waals surface area (Å²) in [7, 11) is 0. The van der Waals surface area contributed by atoms with E-state index in [1.54, 1.807) is 0 Å². The molecule has 0 aromatic carbocycles. The van der Waals surface area contributed by atoms with E-state index in [9.17, 15) is 0 Å². The zero-order valence-electron chi connectivity index (χ0n) is 6.20. The zero-order chi connectivity index (χ0) is 8.43. The normalized spacial score (nSPS) is 32.6. The third kappa shape index (κ3) is 2.56. The molecule has 0 bridgehead atoms. The Morgan fingerprint density at radius 1 is 1.45 bits per heavy atom. The lowest BCUT2D eigenvalue weighted by molar-refractivity contribution is 0.0572. The molecule has 1 aliphatic rings. The molecule has 0 aromatic rings. The number of aliphatic hydroxyl groups is 2. The molecule has 0 aromatic heterocycles. The molecular weight excluding hydrogens is 210 g/mol. The third-order valence-corrected chi connectivity index (χ3v) is 1.98. The molecule has 0 spiro atoms. The van der Waals surface area contributed by atoms with E-state index in [1.165, 1.54) is 0 Å². The molecule has 3 nitrogen and oxygen atoms in total. The molecule has 11 heavy (non-hydrogen) atoms. The lowest BCUT2D eigenvalue weighted by Gasteiger charge is -2.12. The van der Waals surface area contributed by atoms with Crippen molar-refractivity contribution in [2.24, 2.45) is 0 Å². The number of hydrogen-bond donors (Lipinski definition) is 2. The van der Waals surface area contributed by atoms with Crippen LogP contribution in [0.5, 0.6) is 0 Å². The highest BCUT2D eigenvalue weighted by Crippen LogP contribution is 2.13. The van der Waals surface area contributed by atoms with Gasteiger partial charge in [-0.25, -0.2) is 0 Å². The minimum atomic E-state index is -0.596. The van der Waals surface area contributed by atoms with E-state index in [4.69, 9.17) is 10.2 Å². The van der Waals surface area contributed by atoms with Gasteiger partial charge in [-0.15, -0.1) is 0 Å². The van der Waals surface area contributed by atoms with Gasteiger partial charge in [0, 0.05) is 24.1 Å². The van der Waals surface area contributed by atoms with E-state index in [-0.39, 0.29) is 0 Å². The van der Waals surface area contributed by atoms with Gasteiger partial charge in [-0.05, 0) is 0 Å². The van der Waals surface area contributed by atoms with Crippen molar-refractivity contribution < 1.29 is 10.2 Å². The predicted molar refractivity (Wildman–Crippen MR) is 46.5 cm³/mol. The summed E-state index contributed by atoms with van der Waals surface area (Å²) in [6, 6.07) is 0. The van der Waals surface area contributed by atoms with Gasteiger partial charge in [-0.2, -0.15) is 0 Å². The quantitative estimate of drug-likeness (QED) is 0.687. The smallest absolute Gasteiger partial charge is 0.0938 e. The Kier molecular flexibility index (Phi) is 3.06. The van der Waals surface area contributed by atoms with Crippen LogP contribution >= 0.6 is 15.9 Å². The molecule has 2 N–H and O–H groups in total. The summed E-state index contributed by atoms with van der Waals surface area (Å²) in [5, 5.41) is 18.3. The predicted octanol–water partition coefficient (Wildman–Crippen LogP) is -0.0676. The second kappa shape index (κ2) is 3.67. The van der Waals surface area contributed by atoms with Crippen LogP contribution in [-0.4, -0.2) is 47.0 Å². The summed E-state index contributed by atoms with van der Waals surface area (Å²) < 4.78 is 0.874. The van der Waals surface area contributed by atoms with Crippen LogP contribution in [0.15, 0.2) is 11.1 Å². The SMILES string of the molecule is C=C(Br)CN1CC(O)C(O)C1. The summed E-state index contributed by atoms with van der Waals surface area (Å²) in [5.41, 5.74) is 0. The fraction of sp³-hybridized carbons (Fsp3) is 0.714. The van der Waals surface area contributed by atoms with Crippen LogP contribution in [0, 0.1) is 0 Å². The maximum Gasteiger partial charge on any atom is 0.0938 e. The van der Waals surface area contributed by atoms with Crippen molar-refractivity contribution in [2.75, 3.05) is 19.6 Å². The van der Waals surface area contributed by atoms with Gasteiger partial charge in [0.15, 0.2) is 0 Å². The van der Waals surface area contributed by atoms with Crippen LogP contribution in [0.1, 0.15) is 0 Å². The number of rotatable bonds is 2. The Balaban J connectivity index is 2.35. The van der Waals surface area contributed by atoms with Crippen molar-refractivity contribution in [1.29, 1.82) is 0 Å². The highest BCUT2D eigenvalue weighted by atomic mass is 79.9. The number of aliphatic hydroxyl groups excluding tert-OH is 2. The summed E-state index contributed by atoms with van der Waals surface area (Å²) in [5.74, 6) is 0. The number of hydrogen-bond acceptors (Lipinski definition) is 3. The lowest BCUT2D eigenvalue weighted by Crippen LogP contribution is -2.22. The zero-order valence-corrected chi connectivity index (χ0v) is 7.79. The minimum Gasteiger partial charge on any atom is -0.389 e. The van der Waals surface area contributed by atoms with Gasteiger partial charge in [0.25, 0.3) is 0 Å². The average Bonchev–Trinajstić information content (AvgIpc) is 2.10. The van der Waals surface area contributed by atoms with Crippen LogP contribution in [0.2, 0.25) is 0 Å². The summed E-state index contributed by atoms with van der Waals surface area (Å²) in [6.45, 7) is 5.44. The van der Waals surface area contributed by atoms with Gasteiger partial charge in [-0.3, -0.25) is 4.90 Å². The second-order valence-corrected chi connectivity index (χ2v) is 3.97. The van der Waals surface area contributed by atoms with Gasteiger partial charge in [0.1, 0.15) is 0 Å². The first-order valence-electron chi connectivity index (χ1n) is 3.51. The first-order chi connectivity index (χ1) is 5.09. The topological polar surface area (TPSA) is 43.7 Å². The molecular formula is C7H12BrNO2. The molecule has 0 radical (unpaired) electrons. The molecule has 0 saturated carbocycles. The summed E-state index contributed by atoms with van der Waals surface area (Å²) >= 11 is 3.22. The van der Waals surface area contributed by atoms with Crippen LogP contribution in [0.3, 0.4) is 0 Å². The molecule has 1 rings (SSSR count). The van der Waals surface area contributed by atoms with Gasteiger partial charge < -0.3 is 10.2 Å². The Labute approximate surface area is 74.4 Å². The molecule has 1 fully saturated rings. The van der Waals surface area contributed by atoms with E-state index in [1.807, 2.05) is 4.90 Å². The van der Waals surface area contributed by atoms with E-state index < -0.39 is 12.2 Å². The van der Waals surface area contributed by atoms with Crippen LogP contribution in [0.25, 0.3) is 0 Å². The molecule has 0 amide bonds. The number of halogens is 1. The van der Waals surface area contributed by atoms with Crippen molar-refractivity contribution >= 4 is 15.9 Å². The summed E-state index contributed by atoms with van der Waals surface area (Å²) in [4.78, 5) is 1.95. The van der Waals surface area contributed by atoms with Gasteiger partial charge >= 0.3 is 0 Å². The molecule has 1 heterocycles. The highest BCUT2D eigenvalue weighted by Gasteiger charge is 2.28. The molecule has 0 aliphatic carbocycles. The monoisotopic (exact) mass is 221 g/mol. The van der Waals surface area contributed by atoms with Crippen LogP contribution in [0.4, 0.5) is 0 Å². The van der Waals surface area contributed by atoms with Gasteiger partial charge in [0.05, 0.1) is 12.2 Å². The fourth-order valence-electron chi connectivity index (χ4n) is 1.22.